The fourth-order valence-corrected chi connectivity index (χ4v) is 1.38. The average Bonchev–Trinajstić information content (AvgIpc) is 2.12. The van der Waals surface area contributed by atoms with Gasteiger partial charge in [0.05, 0.1) is 12.2 Å². The number of ether oxygens (including phenoxy) is 1. The molecule has 0 amide bonds. The number of hydrogen-bond acceptors (Lipinski definition) is 2. The Bertz CT molecular complexity index is 152. The second-order valence-electron chi connectivity index (χ2n) is 4.04. The zero-order valence-corrected chi connectivity index (χ0v) is 9.86. The molecule has 2 nitrogen and oxygen atoms in total. The number of hydrogen-bond donors (Lipinski definition) is 1. The summed E-state index contributed by atoms with van der Waals surface area (Å²) in [4.78, 5) is 0. The zero-order valence-electron chi connectivity index (χ0n) is 9.86. The molecule has 1 N–H and O–H groups in total. The Labute approximate surface area is 88.0 Å². The van der Waals surface area contributed by atoms with Crippen molar-refractivity contribution in [1.29, 1.82) is 0 Å². The molecule has 0 aromatic carbocycles. The third kappa shape index (κ3) is 6.17. The van der Waals surface area contributed by atoms with Crippen LogP contribution in [-0.4, -0.2) is 24.4 Å². The maximum Gasteiger partial charge on any atom is 0.0864 e. The van der Waals surface area contributed by atoms with Gasteiger partial charge in [-0.25, -0.2) is 0 Å². The van der Waals surface area contributed by atoms with E-state index in [0.717, 1.165) is 19.3 Å². The lowest BCUT2D eigenvalue weighted by atomic mass is 10.0. The largest absolute Gasteiger partial charge is 0.390 e. The molecule has 14 heavy (non-hydrogen) atoms. The molecular formula is C12H24O2. The minimum absolute atomic E-state index is 0.0510. The van der Waals surface area contributed by atoms with Crippen LogP contribution in [0.3, 0.4) is 0 Å². The van der Waals surface area contributed by atoms with E-state index in [1.54, 1.807) is 7.11 Å². The summed E-state index contributed by atoms with van der Waals surface area (Å²) in [6.45, 7) is 6.35. The molecule has 0 fully saturated rings. The monoisotopic (exact) mass is 200 g/mol. The van der Waals surface area contributed by atoms with Crippen LogP contribution < -0.4 is 0 Å². The molecule has 0 aromatic rings. The molecule has 2 heteroatoms. The Kier molecular flexibility index (Phi) is 7.81. The van der Waals surface area contributed by atoms with Crippen LogP contribution in [0.5, 0.6) is 0 Å². The van der Waals surface area contributed by atoms with E-state index in [1.165, 1.54) is 0 Å². The maximum absolute atomic E-state index is 9.72. The summed E-state index contributed by atoms with van der Waals surface area (Å²) < 4.78 is 5.25. The van der Waals surface area contributed by atoms with Gasteiger partial charge in [0.2, 0.25) is 0 Å². The Balaban J connectivity index is 3.89. The predicted molar refractivity (Wildman–Crippen MR) is 60.3 cm³/mol. The van der Waals surface area contributed by atoms with E-state index in [2.05, 4.69) is 32.9 Å². The second kappa shape index (κ2) is 8.01. The van der Waals surface area contributed by atoms with Crippen LogP contribution in [0.25, 0.3) is 0 Å². The Morgan fingerprint density at radius 3 is 2.43 bits per heavy atom. The molecule has 0 bridgehead atoms. The van der Waals surface area contributed by atoms with Crippen molar-refractivity contribution in [2.75, 3.05) is 7.11 Å². The van der Waals surface area contributed by atoms with Crippen molar-refractivity contribution in [3.63, 3.8) is 0 Å². The zero-order chi connectivity index (χ0) is 11.0. The number of rotatable bonds is 7. The first-order chi connectivity index (χ1) is 6.61. The summed E-state index contributed by atoms with van der Waals surface area (Å²) in [5, 5.41) is 9.72. The van der Waals surface area contributed by atoms with E-state index in [4.69, 9.17) is 4.74 Å². The van der Waals surface area contributed by atoms with Crippen LogP contribution in [0.1, 0.15) is 40.0 Å². The molecule has 0 radical (unpaired) electrons. The summed E-state index contributed by atoms with van der Waals surface area (Å²) in [5.74, 6) is 0.566. The summed E-state index contributed by atoms with van der Waals surface area (Å²) in [6.07, 6.45) is 6.47. The lowest BCUT2D eigenvalue weighted by Gasteiger charge is -2.19. The third-order valence-corrected chi connectivity index (χ3v) is 2.21. The van der Waals surface area contributed by atoms with Crippen molar-refractivity contribution in [1.82, 2.24) is 0 Å². The van der Waals surface area contributed by atoms with Gasteiger partial charge in [-0.1, -0.05) is 39.3 Å². The molecule has 0 aliphatic heterocycles. The number of aliphatic hydroxyl groups excluding tert-OH is 1. The average molecular weight is 200 g/mol. The predicted octanol–water partition coefficient (Wildman–Crippen LogP) is 2.76. The van der Waals surface area contributed by atoms with Crippen LogP contribution in [0, 0.1) is 5.92 Å². The highest BCUT2D eigenvalue weighted by atomic mass is 16.5. The van der Waals surface area contributed by atoms with Gasteiger partial charge in [0.1, 0.15) is 0 Å². The Morgan fingerprint density at radius 1 is 1.36 bits per heavy atom. The molecule has 0 saturated carbocycles. The molecule has 84 valence electrons. The molecule has 0 aromatic heterocycles. The molecule has 2 atom stereocenters. The lowest BCUT2D eigenvalue weighted by Crippen LogP contribution is -2.27. The molecule has 0 spiro atoms. The van der Waals surface area contributed by atoms with Gasteiger partial charge in [-0.3, -0.25) is 0 Å². The number of aliphatic hydroxyl groups is 1. The third-order valence-electron chi connectivity index (χ3n) is 2.21. The van der Waals surface area contributed by atoms with E-state index in [-0.39, 0.29) is 12.2 Å². The standard InChI is InChI=1S/C12H24O2/c1-5-7-11(13)12(14-4)9-6-8-10(2)3/h6,8,10-13H,5,7,9H2,1-4H3. The van der Waals surface area contributed by atoms with Crippen molar-refractivity contribution in [3.05, 3.63) is 12.2 Å². The molecule has 0 saturated heterocycles. The first-order valence-electron chi connectivity index (χ1n) is 5.49. The van der Waals surface area contributed by atoms with Crippen LogP contribution in [0.2, 0.25) is 0 Å². The van der Waals surface area contributed by atoms with E-state index in [9.17, 15) is 5.11 Å². The van der Waals surface area contributed by atoms with Gasteiger partial charge in [-0.2, -0.15) is 0 Å². The molecule has 0 heterocycles. The fraction of sp³-hybridized carbons (Fsp3) is 0.833. The van der Waals surface area contributed by atoms with Crippen LogP contribution in [0.4, 0.5) is 0 Å². The topological polar surface area (TPSA) is 29.5 Å². The van der Waals surface area contributed by atoms with Gasteiger partial charge >= 0.3 is 0 Å². The van der Waals surface area contributed by atoms with E-state index < -0.39 is 0 Å². The SMILES string of the molecule is CCCC(O)C(CC=CC(C)C)OC. The lowest BCUT2D eigenvalue weighted by molar-refractivity contribution is -0.0137. The van der Waals surface area contributed by atoms with Gasteiger partial charge in [0.25, 0.3) is 0 Å². The van der Waals surface area contributed by atoms with E-state index >= 15 is 0 Å². The molecular weight excluding hydrogens is 176 g/mol. The van der Waals surface area contributed by atoms with Gasteiger partial charge in [0.15, 0.2) is 0 Å². The Hall–Kier alpha value is -0.340. The molecule has 0 rings (SSSR count). The van der Waals surface area contributed by atoms with Gasteiger partial charge in [-0.15, -0.1) is 0 Å². The van der Waals surface area contributed by atoms with Gasteiger partial charge in [-0.05, 0) is 18.8 Å². The van der Waals surface area contributed by atoms with Crippen molar-refractivity contribution in [2.24, 2.45) is 5.92 Å². The summed E-state index contributed by atoms with van der Waals surface area (Å²) in [6, 6.07) is 0. The maximum atomic E-state index is 9.72. The summed E-state index contributed by atoms with van der Waals surface area (Å²) >= 11 is 0. The normalized spacial score (nSPS) is 16.4. The minimum atomic E-state index is -0.332. The van der Waals surface area contributed by atoms with Crippen molar-refractivity contribution >= 4 is 0 Å². The molecule has 2 unspecified atom stereocenters. The first-order valence-corrected chi connectivity index (χ1v) is 5.49. The second-order valence-corrected chi connectivity index (χ2v) is 4.04. The van der Waals surface area contributed by atoms with E-state index in [0.29, 0.717) is 5.92 Å². The molecule has 0 aliphatic carbocycles. The first kappa shape index (κ1) is 13.7. The van der Waals surface area contributed by atoms with Crippen LogP contribution in [-0.2, 0) is 4.74 Å². The van der Waals surface area contributed by atoms with Crippen molar-refractivity contribution in [3.8, 4) is 0 Å². The van der Waals surface area contributed by atoms with Crippen LogP contribution in [0.15, 0.2) is 12.2 Å². The van der Waals surface area contributed by atoms with Gasteiger partial charge in [0, 0.05) is 7.11 Å². The quantitative estimate of drug-likeness (QED) is 0.640. The minimum Gasteiger partial charge on any atom is -0.390 e. The highest BCUT2D eigenvalue weighted by Gasteiger charge is 2.15. The van der Waals surface area contributed by atoms with Crippen LogP contribution >= 0.6 is 0 Å². The molecule has 0 aliphatic rings. The number of allylic oxidation sites excluding steroid dienone is 1. The van der Waals surface area contributed by atoms with Crippen molar-refractivity contribution in [2.45, 2.75) is 52.2 Å². The number of methoxy groups -OCH3 is 1. The fourth-order valence-electron chi connectivity index (χ4n) is 1.38. The smallest absolute Gasteiger partial charge is 0.0864 e. The Morgan fingerprint density at radius 2 is 2.00 bits per heavy atom. The highest BCUT2D eigenvalue weighted by molar-refractivity contribution is 4.88. The van der Waals surface area contributed by atoms with Crippen molar-refractivity contribution < 1.29 is 9.84 Å². The van der Waals surface area contributed by atoms with Gasteiger partial charge < -0.3 is 9.84 Å². The summed E-state index contributed by atoms with van der Waals surface area (Å²) in [5.41, 5.74) is 0. The highest BCUT2D eigenvalue weighted by Crippen LogP contribution is 2.10. The van der Waals surface area contributed by atoms with E-state index in [1.807, 2.05) is 0 Å². The summed E-state index contributed by atoms with van der Waals surface area (Å²) in [7, 11) is 1.66.